The Kier molecular flexibility index (Phi) is 4.18. The van der Waals surface area contributed by atoms with E-state index in [0.29, 0.717) is 10.9 Å². The molecule has 4 nitrogen and oxygen atoms in total. The first-order valence-electron chi connectivity index (χ1n) is 6.92. The number of fused-ring (bicyclic) bond motifs is 1. The predicted molar refractivity (Wildman–Crippen MR) is 88.2 cm³/mol. The second-order valence-electron chi connectivity index (χ2n) is 5.29. The maximum atomic E-state index is 12.7. The van der Waals surface area contributed by atoms with E-state index in [0.717, 1.165) is 16.1 Å². The van der Waals surface area contributed by atoms with Gasteiger partial charge in [0.25, 0.3) is 0 Å². The van der Waals surface area contributed by atoms with Crippen molar-refractivity contribution in [3.8, 4) is 0 Å². The van der Waals surface area contributed by atoms with Gasteiger partial charge in [0.2, 0.25) is 11.8 Å². The second-order valence-corrected chi connectivity index (χ2v) is 7.09. The van der Waals surface area contributed by atoms with E-state index in [-0.39, 0.29) is 18.2 Å². The number of rotatable bonds is 3. The highest BCUT2D eigenvalue weighted by Crippen LogP contribution is 2.33. The molecule has 0 spiro atoms. The Labute approximate surface area is 137 Å². The third-order valence-electron chi connectivity index (χ3n) is 3.70. The molecule has 1 atom stereocenters. The number of halogens is 1. The third-order valence-corrected chi connectivity index (χ3v) is 4.91. The minimum Gasteiger partial charge on any atom is -0.340 e. The van der Waals surface area contributed by atoms with Crippen LogP contribution in [0.1, 0.15) is 22.8 Å². The van der Waals surface area contributed by atoms with Crippen LogP contribution in [0.15, 0.2) is 36.4 Å². The molecule has 0 fully saturated rings. The molecule has 0 radical (unpaired) electrons. The summed E-state index contributed by atoms with van der Waals surface area (Å²) in [4.78, 5) is 27.2. The molecule has 0 bridgehead atoms. The summed E-state index contributed by atoms with van der Waals surface area (Å²) in [7, 11) is 1.76. The molecule has 1 aliphatic rings. The Morgan fingerprint density at radius 2 is 2.14 bits per heavy atom. The SMILES string of the molecule is CN(Cc1ccc(Cl)s1)C(=O)C1CC(=O)Nc2ccccc21. The Balaban J connectivity index is 1.81. The van der Waals surface area contributed by atoms with Crippen molar-refractivity contribution in [1.29, 1.82) is 0 Å². The monoisotopic (exact) mass is 334 g/mol. The molecule has 6 heteroatoms. The van der Waals surface area contributed by atoms with Gasteiger partial charge in [0.1, 0.15) is 0 Å². The number of nitrogens with zero attached hydrogens (tertiary/aromatic N) is 1. The number of nitrogens with one attached hydrogen (secondary N) is 1. The Morgan fingerprint density at radius 1 is 1.36 bits per heavy atom. The van der Waals surface area contributed by atoms with Gasteiger partial charge in [-0.1, -0.05) is 29.8 Å². The molecule has 1 aliphatic heterocycles. The smallest absolute Gasteiger partial charge is 0.230 e. The van der Waals surface area contributed by atoms with Gasteiger partial charge < -0.3 is 10.2 Å². The molecule has 22 heavy (non-hydrogen) atoms. The average molecular weight is 335 g/mol. The number of thiophene rings is 1. The van der Waals surface area contributed by atoms with Gasteiger partial charge in [-0.15, -0.1) is 11.3 Å². The predicted octanol–water partition coefficient (Wildman–Crippen LogP) is 3.49. The fraction of sp³-hybridized carbons (Fsp3) is 0.250. The van der Waals surface area contributed by atoms with Gasteiger partial charge >= 0.3 is 0 Å². The molecule has 2 aromatic rings. The molecule has 0 saturated heterocycles. The van der Waals surface area contributed by atoms with Crippen molar-refractivity contribution in [3.05, 3.63) is 51.2 Å². The average Bonchev–Trinajstić information content (AvgIpc) is 2.90. The number of carbonyl (C=O) groups is 2. The van der Waals surface area contributed by atoms with Crippen LogP contribution in [0.2, 0.25) is 4.34 Å². The molecule has 0 saturated carbocycles. The fourth-order valence-electron chi connectivity index (χ4n) is 2.65. The summed E-state index contributed by atoms with van der Waals surface area (Å²) in [6.07, 6.45) is 0.186. The van der Waals surface area contributed by atoms with E-state index in [9.17, 15) is 9.59 Å². The van der Waals surface area contributed by atoms with E-state index in [1.165, 1.54) is 11.3 Å². The summed E-state index contributed by atoms with van der Waals surface area (Å²) in [6, 6.07) is 11.2. The summed E-state index contributed by atoms with van der Waals surface area (Å²) >= 11 is 7.38. The summed E-state index contributed by atoms with van der Waals surface area (Å²) < 4.78 is 0.707. The topological polar surface area (TPSA) is 49.4 Å². The van der Waals surface area contributed by atoms with Crippen LogP contribution in [0.5, 0.6) is 0 Å². The number of benzene rings is 1. The van der Waals surface area contributed by atoms with E-state index in [4.69, 9.17) is 11.6 Å². The van der Waals surface area contributed by atoms with Crippen LogP contribution in [-0.2, 0) is 16.1 Å². The Morgan fingerprint density at radius 3 is 2.86 bits per heavy atom. The van der Waals surface area contributed by atoms with Crippen molar-refractivity contribution < 1.29 is 9.59 Å². The first-order chi connectivity index (χ1) is 10.5. The minimum absolute atomic E-state index is 0.0492. The van der Waals surface area contributed by atoms with Gasteiger partial charge in [0, 0.05) is 24.0 Å². The van der Waals surface area contributed by atoms with Crippen LogP contribution in [-0.4, -0.2) is 23.8 Å². The van der Waals surface area contributed by atoms with E-state index in [1.54, 1.807) is 11.9 Å². The first kappa shape index (κ1) is 15.1. The minimum atomic E-state index is -0.426. The van der Waals surface area contributed by atoms with Crippen LogP contribution in [0, 0.1) is 0 Å². The normalized spacial score (nSPS) is 16.8. The number of hydrogen-bond acceptors (Lipinski definition) is 3. The zero-order chi connectivity index (χ0) is 15.7. The van der Waals surface area contributed by atoms with Gasteiger partial charge in [-0.2, -0.15) is 0 Å². The lowest BCUT2D eigenvalue weighted by molar-refractivity contribution is -0.134. The Bertz CT molecular complexity index is 728. The molecule has 2 heterocycles. The van der Waals surface area contributed by atoms with Crippen molar-refractivity contribution in [3.63, 3.8) is 0 Å². The number of para-hydroxylation sites is 1. The zero-order valence-electron chi connectivity index (χ0n) is 12.0. The quantitative estimate of drug-likeness (QED) is 0.934. The van der Waals surface area contributed by atoms with Crippen molar-refractivity contribution >= 4 is 40.4 Å². The van der Waals surface area contributed by atoms with Gasteiger partial charge in [-0.3, -0.25) is 9.59 Å². The van der Waals surface area contributed by atoms with Crippen LogP contribution >= 0.6 is 22.9 Å². The van der Waals surface area contributed by atoms with Gasteiger partial charge in [-0.25, -0.2) is 0 Å². The number of hydrogen-bond donors (Lipinski definition) is 1. The van der Waals surface area contributed by atoms with E-state index in [1.807, 2.05) is 36.4 Å². The van der Waals surface area contributed by atoms with E-state index < -0.39 is 5.92 Å². The maximum absolute atomic E-state index is 12.7. The lowest BCUT2D eigenvalue weighted by atomic mass is 9.89. The molecule has 3 rings (SSSR count). The van der Waals surface area contributed by atoms with Gasteiger partial charge in [-0.05, 0) is 23.8 Å². The van der Waals surface area contributed by atoms with Crippen LogP contribution in [0.4, 0.5) is 5.69 Å². The lowest BCUT2D eigenvalue weighted by Crippen LogP contribution is -2.35. The van der Waals surface area contributed by atoms with Gasteiger partial charge in [0.15, 0.2) is 0 Å². The number of anilines is 1. The van der Waals surface area contributed by atoms with Crippen molar-refractivity contribution in [2.75, 3.05) is 12.4 Å². The summed E-state index contributed by atoms with van der Waals surface area (Å²) in [5.41, 5.74) is 1.60. The molecule has 2 amide bonds. The molecule has 114 valence electrons. The molecule has 1 N–H and O–H groups in total. The van der Waals surface area contributed by atoms with Crippen LogP contribution in [0.25, 0.3) is 0 Å². The van der Waals surface area contributed by atoms with Crippen LogP contribution in [0.3, 0.4) is 0 Å². The fourth-order valence-corrected chi connectivity index (χ4v) is 3.79. The second kappa shape index (κ2) is 6.10. The molecular weight excluding hydrogens is 320 g/mol. The highest BCUT2D eigenvalue weighted by Gasteiger charge is 2.32. The third kappa shape index (κ3) is 3.00. The highest BCUT2D eigenvalue weighted by molar-refractivity contribution is 7.16. The standard InChI is InChI=1S/C16H15ClN2O2S/c1-19(9-10-6-7-14(17)22-10)16(21)12-8-15(20)18-13-5-3-2-4-11(12)13/h2-7,12H,8-9H2,1H3,(H,18,20). The maximum Gasteiger partial charge on any atom is 0.230 e. The first-order valence-corrected chi connectivity index (χ1v) is 8.12. The van der Waals surface area contributed by atoms with Gasteiger partial charge in [0.05, 0.1) is 16.8 Å². The van der Waals surface area contributed by atoms with Crippen molar-refractivity contribution in [1.82, 2.24) is 4.90 Å². The largest absolute Gasteiger partial charge is 0.340 e. The number of amides is 2. The Hall–Kier alpha value is -1.85. The van der Waals surface area contributed by atoms with Crippen LogP contribution < -0.4 is 5.32 Å². The lowest BCUT2D eigenvalue weighted by Gasteiger charge is -2.28. The summed E-state index contributed by atoms with van der Waals surface area (Å²) in [5, 5.41) is 2.81. The highest BCUT2D eigenvalue weighted by atomic mass is 35.5. The zero-order valence-corrected chi connectivity index (χ0v) is 13.6. The molecule has 1 unspecified atom stereocenters. The van der Waals surface area contributed by atoms with Crippen molar-refractivity contribution in [2.24, 2.45) is 0 Å². The summed E-state index contributed by atoms with van der Waals surface area (Å²) in [6.45, 7) is 0.497. The van der Waals surface area contributed by atoms with E-state index in [2.05, 4.69) is 5.32 Å². The number of carbonyl (C=O) groups excluding carboxylic acids is 2. The molecule has 1 aromatic carbocycles. The molecular formula is C16H15ClN2O2S. The summed E-state index contributed by atoms with van der Waals surface area (Å²) in [5.74, 6) is -0.596. The van der Waals surface area contributed by atoms with E-state index >= 15 is 0 Å². The number of likely N-dealkylation sites (N-methyl/N-ethyl adjacent to an activating group) is 1. The van der Waals surface area contributed by atoms with Crippen molar-refractivity contribution in [2.45, 2.75) is 18.9 Å². The molecule has 1 aromatic heterocycles. The molecule has 0 aliphatic carbocycles.